The Bertz CT molecular complexity index is 1060. The molecule has 0 saturated carbocycles. The average molecular weight is 389 g/mol. The zero-order chi connectivity index (χ0) is 21.0. The molecule has 1 heterocycles. The van der Waals surface area contributed by atoms with Gasteiger partial charge in [0.25, 0.3) is 5.91 Å². The molecule has 29 heavy (non-hydrogen) atoms. The quantitative estimate of drug-likeness (QED) is 0.603. The summed E-state index contributed by atoms with van der Waals surface area (Å²) in [6, 6.07) is 14.7. The van der Waals surface area contributed by atoms with E-state index in [-0.39, 0.29) is 17.5 Å². The van der Waals surface area contributed by atoms with Crippen LogP contribution in [-0.4, -0.2) is 21.8 Å². The van der Waals surface area contributed by atoms with E-state index in [2.05, 4.69) is 25.9 Å². The molecule has 3 aromatic rings. The van der Waals surface area contributed by atoms with Gasteiger partial charge in [0.05, 0.1) is 0 Å². The van der Waals surface area contributed by atoms with Crippen molar-refractivity contribution in [2.75, 3.05) is 16.0 Å². The number of nitrogens with zero attached hydrogens (tertiary/aromatic N) is 2. The molecule has 2 aromatic carbocycles. The normalized spacial score (nSPS) is 10.3. The fraction of sp³-hybridized carbons (Fsp3) is 0.182. The van der Waals surface area contributed by atoms with E-state index in [1.165, 1.54) is 6.92 Å². The topological polar surface area (TPSA) is 96.0 Å². The summed E-state index contributed by atoms with van der Waals surface area (Å²) in [7, 11) is 0. The summed E-state index contributed by atoms with van der Waals surface area (Å²) in [5.41, 5.74) is 4.42. The van der Waals surface area contributed by atoms with E-state index >= 15 is 0 Å². The molecule has 0 aliphatic heterocycles. The molecule has 0 aliphatic carbocycles. The molecule has 3 rings (SSSR count). The van der Waals surface area contributed by atoms with Crippen LogP contribution in [-0.2, 0) is 4.79 Å². The van der Waals surface area contributed by atoms with E-state index in [0.29, 0.717) is 17.3 Å². The molecule has 1 aromatic heterocycles. The molecule has 0 radical (unpaired) electrons. The third kappa shape index (κ3) is 5.16. The summed E-state index contributed by atoms with van der Waals surface area (Å²) in [5.74, 6) is 0.511. The predicted molar refractivity (Wildman–Crippen MR) is 115 cm³/mol. The summed E-state index contributed by atoms with van der Waals surface area (Å²) in [5, 5.41) is 8.83. The first-order valence-electron chi connectivity index (χ1n) is 9.20. The van der Waals surface area contributed by atoms with Crippen LogP contribution < -0.4 is 16.0 Å². The lowest BCUT2D eigenvalue weighted by Crippen LogP contribution is -2.16. The lowest BCUT2D eigenvalue weighted by Gasteiger charge is -2.13. The highest BCUT2D eigenvalue weighted by atomic mass is 16.2. The smallest absolute Gasteiger partial charge is 0.274 e. The number of benzene rings is 2. The van der Waals surface area contributed by atoms with Crippen molar-refractivity contribution in [1.29, 1.82) is 0 Å². The number of carbonyl (C=O) groups is 2. The second-order valence-corrected chi connectivity index (χ2v) is 6.79. The first-order valence-corrected chi connectivity index (χ1v) is 9.20. The number of anilines is 4. The van der Waals surface area contributed by atoms with Crippen molar-refractivity contribution in [1.82, 2.24) is 9.97 Å². The van der Waals surface area contributed by atoms with Gasteiger partial charge in [0.15, 0.2) is 0 Å². The summed E-state index contributed by atoms with van der Waals surface area (Å²) < 4.78 is 0. The number of aryl methyl sites for hydroxylation is 3. The Labute approximate surface area is 169 Å². The van der Waals surface area contributed by atoms with Gasteiger partial charge in [0.1, 0.15) is 17.3 Å². The van der Waals surface area contributed by atoms with E-state index in [1.807, 2.05) is 44.2 Å². The van der Waals surface area contributed by atoms with Crippen molar-refractivity contribution in [3.05, 3.63) is 71.2 Å². The van der Waals surface area contributed by atoms with E-state index < -0.39 is 0 Å². The molecule has 148 valence electrons. The van der Waals surface area contributed by atoms with Crippen LogP contribution in [0.2, 0.25) is 0 Å². The molecule has 0 unspecified atom stereocenters. The molecule has 7 heteroatoms. The molecule has 2 amide bonds. The summed E-state index contributed by atoms with van der Waals surface area (Å²) in [6.45, 7) is 7.08. The number of hydrogen-bond donors (Lipinski definition) is 3. The van der Waals surface area contributed by atoms with Gasteiger partial charge in [-0.25, -0.2) is 9.97 Å². The second kappa shape index (κ2) is 8.52. The number of hydrogen-bond acceptors (Lipinski definition) is 5. The minimum atomic E-state index is -0.303. The third-order valence-corrected chi connectivity index (χ3v) is 4.25. The van der Waals surface area contributed by atoms with E-state index in [1.54, 1.807) is 25.1 Å². The van der Waals surface area contributed by atoms with E-state index in [9.17, 15) is 9.59 Å². The molecule has 0 fully saturated rings. The van der Waals surface area contributed by atoms with Crippen molar-refractivity contribution in [3.63, 3.8) is 0 Å². The van der Waals surface area contributed by atoms with Crippen molar-refractivity contribution in [3.8, 4) is 0 Å². The number of aromatic nitrogens is 2. The number of amides is 2. The van der Waals surface area contributed by atoms with Gasteiger partial charge >= 0.3 is 0 Å². The van der Waals surface area contributed by atoms with E-state index in [4.69, 9.17) is 0 Å². The molecule has 0 aliphatic rings. The second-order valence-electron chi connectivity index (χ2n) is 6.79. The summed E-state index contributed by atoms with van der Waals surface area (Å²) in [6.07, 6.45) is 0. The summed E-state index contributed by atoms with van der Waals surface area (Å²) >= 11 is 0. The Balaban J connectivity index is 1.83. The number of rotatable bonds is 5. The van der Waals surface area contributed by atoms with E-state index in [0.717, 1.165) is 22.5 Å². The lowest BCUT2D eigenvalue weighted by molar-refractivity contribution is -0.114. The van der Waals surface area contributed by atoms with Crippen LogP contribution in [0.25, 0.3) is 0 Å². The Morgan fingerprint density at radius 3 is 2.17 bits per heavy atom. The van der Waals surface area contributed by atoms with Crippen LogP contribution in [0.1, 0.15) is 34.4 Å². The van der Waals surface area contributed by atoms with Crippen LogP contribution in [0.3, 0.4) is 0 Å². The highest BCUT2D eigenvalue weighted by Gasteiger charge is 2.13. The molecule has 0 bridgehead atoms. The minimum Gasteiger partial charge on any atom is -0.340 e. The van der Waals surface area contributed by atoms with Gasteiger partial charge in [-0.2, -0.15) is 0 Å². The molecule has 0 atom stereocenters. The number of para-hydroxylation sites is 1. The van der Waals surface area contributed by atoms with Crippen LogP contribution in [0.5, 0.6) is 0 Å². The Hall–Kier alpha value is -3.74. The van der Waals surface area contributed by atoms with Crippen molar-refractivity contribution in [2.24, 2.45) is 0 Å². The van der Waals surface area contributed by atoms with Crippen molar-refractivity contribution >= 4 is 34.7 Å². The van der Waals surface area contributed by atoms with Crippen LogP contribution in [0.15, 0.2) is 48.5 Å². The average Bonchev–Trinajstić information content (AvgIpc) is 2.64. The van der Waals surface area contributed by atoms with Gasteiger partial charge < -0.3 is 16.0 Å². The zero-order valence-electron chi connectivity index (χ0n) is 16.8. The van der Waals surface area contributed by atoms with Gasteiger partial charge in [-0.3, -0.25) is 9.59 Å². The van der Waals surface area contributed by atoms with Gasteiger partial charge in [0.2, 0.25) is 5.91 Å². The Kier molecular flexibility index (Phi) is 5.87. The van der Waals surface area contributed by atoms with Crippen LogP contribution in [0, 0.1) is 20.8 Å². The maximum absolute atomic E-state index is 12.8. The van der Waals surface area contributed by atoms with Gasteiger partial charge in [-0.05, 0) is 50.1 Å². The first kappa shape index (κ1) is 20.0. The lowest BCUT2D eigenvalue weighted by atomic mass is 10.1. The summed E-state index contributed by atoms with van der Waals surface area (Å²) in [4.78, 5) is 32.6. The third-order valence-electron chi connectivity index (χ3n) is 4.25. The molecule has 0 saturated heterocycles. The monoisotopic (exact) mass is 389 g/mol. The standard InChI is InChI=1S/C22H23N5O2/c1-13-7-5-8-14(2)21(13)27-22(29)19-12-20(24-15(3)23-19)26-18-10-6-9-17(11-18)25-16(4)28/h5-12H,1-4H3,(H,25,28)(H,27,29)(H,23,24,26). The van der Waals surface area contributed by atoms with Crippen LogP contribution in [0.4, 0.5) is 22.9 Å². The molecule has 7 nitrogen and oxygen atoms in total. The highest BCUT2D eigenvalue weighted by molar-refractivity contribution is 6.04. The SMILES string of the molecule is CC(=O)Nc1cccc(Nc2cc(C(=O)Nc3c(C)cccc3C)nc(C)n2)c1. The maximum atomic E-state index is 12.8. The minimum absolute atomic E-state index is 0.148. The highest BCUT2D eigenvalue weighted by Crippen LogP contribution is 2.22. The van der Waals surface area contributed by atoms with Crippen molar-refractivity contribution < 1.29 is 9.59 Å². The van der Waals surface area contributed by atoms with Gasteiger partial charge in [-0.15, -0.1) is 0 Å². The predicted octanol–water partition coefficient (Wildman–Crippen LogP) is 4.36. The van der Waals surface area contributed by atoms with Gasteiger partial charge in [-0.1, -0.05) is 24.3 Å². The Morgan fingerprint density at radius 1 is 0.828 bits per heavy atom. The molecule has 0 spiro atoms. The molecular formula is C22H23N5O2. The molecule has 3 N–H and O–H groups in total. The van der Waals surface area contributed by atoms with Crippen LogP contribution >= 0.6 is 0 Å². The maximum Gasteiger partial charge on any atom is 0.274 e. The zero-order valence-corrected chi connectivity index (χ0v) is 16.8. The number of nitrogens with one attached hydrogen (secondary N) is 3. The largest absolute Gasteiger partial charge is 0.340 e. The fourth-order valence-electron chi connectivity index (χ4n) is 2.96. The van der Waals surface area contributed by atoms with Crippen molar-refractivity contribution in [2.45, 2.75) is 27.7 Å². The first-order chi connectivity index (χ1) is 13.8. The van der Waals surface area contributed by atoms with Gasteiger partial charge in [0, 0.05) is 30.1 Å². The Morgan fingerprint density at radius 2 is 1.48 bits per heavy atom. The fourth-order valence-corrected chi connectivity index (χ4v) is 2.96. The molecular weight excluding hydrogens is 366 g/mol. The number of carbonyl (C=O) groups excluding carboxylic acids is 2.